The molecule has 1 unspecified atom stereocenters. The Morgan fingerprint density at radius 1 is 1.14 bits per heavy atom. The Hall–Kier alpha value is -0.650. The summed E-state index contributed by atoms with van der Waals surface area (Å²) < 4.78 is 0. The Labute approximate surface area is 132 Å². The molecule has 1 aromatic rings. The van der Waals surface area contributed by atoms with Gasteiger partial charge in [-0.05, 0) is 25.1 Å². The fourth-order valence-corrected chi connectivity index (χ4v) is 3.17. The first-order chi connectivity index (χ1) is 10.2. The topological polar surface area (TPSA) is 38.7 Å². The highest BCUT2D eigenvalue weighted by Crippen LogP contribution is 2.25. The molecule has 1 aliphatic heterocycles. The Balaban J connectivity index is 1.81. The number of benzene rings is 1. The van der Waals surface area contributed by atoms with Gasteiger partial charge in [0, 0.05) is 50.3 Å². The SMILES string of the molecule is CNC(CCN1CCN(CCO)CC1)c1ccccc1Cl. The van der Waals surface area contributed by atoms with Gasteiger partial charge in [0.25, 0.3) is 0 Å². The first-order valence-corrected chi connectivity index (χ1v) is 8.09. The van der Waals surface area contributed by atoms with Crippen LogP contribution in [-0.4, -0.2) is 67.8 Å². The second kappa shape index (κ2) is 8.71. The van der Waals surface area contributed by atoms with E-state index in [0.717, 1.165) is 50.7 Å². The fourth-order valence-electron chi connectivity index (χ4n) is 2.90. The minimum atomic E-state index is 0.258. The lowest BCUT2D eigenvalue weighted by molar-refractivity contribution is 0.110. The van der Waals surface area contributed by atoms with E-state index >= 15 is 0 Å². The van der Waals surface area contributed by atoms with Gasteiger partial charge in [0.15, 0.2) is 0 Å². The second-order valence-corrected chi connectivity index (χ2v) is 5.97. The van der Waals surface area contributed by atoms with Crippen molar-refractivity contribution in [3.63, 3.8) is 0 Å². The third-order valence-electron chi connectivity index (χ3n) is 4.24. The molecule has 0 amide bonds. The van der Waals surface area contributed by atoms with Crippen LogP contribution in [0.5, 0.6) is 0 Å². The number of hydrogen-bond donors (Lipinski definition) is 2. The molecule has 0 spiro atoms. The number of halogens is 1. The van der Waals surface area contributed by atoms with Crippen molar-refractivity contribution in [2.45, 2.75) is 12.5 Å². The van der Waals surface area contributed by atoms with Crippen molar-refractivity contribution in [1.82, 2.24) is 15.1 Å². The van der Waals surface area contributed by atoms with Gasteiger partial charge in [-0.1, -0.05) is 29.8 Å². The molecule has 4 nitrogen and oxygen atoms in total. The van der Waals surface area contributed by atoms with Gasteiger partial charge in [-0.15, -0.1) is 0 Å². The number of β-amino-alcohol motifs (C(OH)–C–C–N with tert-alkyl or cyclic N) is 1. The van der Waals surface area contributed by atoms with E-state index in [1.165, 1.54) is 5.56 Å². The molecule has 118 valence electrons. The molecular formula is C16H26ClN3O. The fraction of sp³-hybridized carbons (Fsp3) is 0.625. The molecule has 1 fully saturated rings. The van der Waals surface area contributed by atoms with E-state index in [0.29, 0.717) is 6.04 Å². The summed E-state index contributed by atoms with van der Waals surface area (Å²) in [7, 11) is 1.99. The number of aliphatic hydroxyl groups excluding tert-OH is 1. The maximum atomic E-state index is 8.97. The van der Waals surface area contributed by atoms with Crippen molar-refractivity contribution in [3.8, 4) is 0 Å². The van der Waals surface area contributed by atoms with Gasteiger partial charge in [-0.25, -0.2) is 0 Å². The predicted molar refractivity (Wildman–Crippen MR) is 87.8 cm³/mol. The minimum absolute atomic E-state index is 0.258. The zero-order chi connectivity index (χ0) is 15.1. The van der Waals surface area contributed by atoms with Gasteiger partial charge >= 0.3 is 0 Å². The van der Waals surface area contributed by atoms with E-state index in [9.17, 15) is 0 Å². The molecular weight excluding hydrogens is 286 g/mol. The van der Waals surface area contributed by atoms with E-state index in [-0.39, 0.29) is 6.61 Å². The van der Waals surface area contributed by atoms with Crippen molar-refractivity contribution in [3.05, 3.63) is 34.9 Å². The summed E-state index contributed by atoms with van der Waals surface area (Å²) in [5.41, 5.74) is 1.18. The molecule has 2 rings (SSSR count). The van der Waals surface area contributed by atoms with Crippen molar-refractivity contribution < 1.29 is 5.11 Å². The summed E-state index contributed by atoms with van der Waals surface area (Å²) in [4.78, 5) is 4.81. The Morgan fingerprint density at radius 2 is 1.76 bits per heavy atom. The summed E-state index contributed by atoms with van der Waals surface area (Å²) in [5.74, 6) is 0. The van der Waals surface area contributed by atoms with Crippen LogP contribution in [0.3, 0.4) is 0 Å². The van der Waals surface area contributed by atoms with Crippen molar-refractivity contribution >= 4 is 11.6 Å². The molecule has 1 aliphatic rings. The third kappa shape index (κ3) is 4.94. The normalized spacial score (nSPS) is 18.8. The highest BCUT2D eigenvalue weighted by molar-refractivity contribution is 6.31. The summed E-state index contributed by atoms with van der Waals surface area (Å²) in [5, 5.41) is 13.2. The van der Waals surface area contributed by atoms with Crippen LogP contribution >= 0.6 is 11.6 Å². The number of hydrogen-bond acceptors (Lipinski definition) is 4. The quantitative estimate of drug-likeness (QED) is 0.802. The standard InChI is InChI=1S/C16H26ClN3O/c1-18-16(14-4-2-3-5-15(14)17)6-7-19-8-10-20(11-9-19)12-13-21/h2-5,16,18,21H,6-13H2,1H3. The van der Waals surface area contributed by atoms with Crippen LogP contribution in [-0.2, 0) is 0 Å². The largest absolute Gasteiger partial charge is 0.395 e. The molecule has 1 heterocycles. The Kier molecular flexibility index (Phi) is 6.93. The van der Waals surface area contributed by atoms with E-state index in [4.69, 9.17) is 16.7 Å². The minimum Gasteiger partial charge on any atom is -0.395 e. The molecule has 21 heavy (non-hydrogen) atoms. The third-order valence-corrected chi connectivity index (χ3v) is 4.59. The average molecular weight is 312 g/mol. The monoisotopic (exact) mass is 311 g/mol. The first kappa shape index (κ1) is 16.7. The van der Waals surface area contributed by atoms with E-state index in [1.807, 2.05) is 25.2 Å². The van der Waals surface area contributed by atoms with Gasteiger partial charge in [0.2, 0.25) is 0 Å². The van der Waals surface area contributed by atoms with E-state index in [2.05, 4.69) is 21.2 Å². The number of nitrogens with zero attached hydrogens (tertiary/aromatic N) is 2. The molecule has 1 aromatic carbocycles. The molecule has 5 heteroatoms. The lowest BCUT2D eigenvalue weighted by atomic mass is 10.0. The molecule has 2 N–H and O–H groups in total. The van der Waals surface area contributed by atoms with Crippen molar-refractivity contribution in [2.75, 3.05) is 52.9 Å². The lowest BCUT2D eigenvalue weighted by Gasteiger charge is -2.35. The van der Waals surface area contributed by atoms with Crippen LogP contribution < -0.4 is 5.32 Å². The molecule has 0 saturated carbocycles. The van der Waals surface area contributed by atoms with Gasteiger partial charge in [0.05, 0.1) is 6.61 Å². The highest BCUT2D eigenvalue weighted by atomic mass is 35.5. The summed E-state index contributed by atoms with van der Waals surface area (Å²) in [6.07, 6.45) is 1.06. The molecule has 1 saturated heterocycles. The molecule has 1 atom stereocenters. The maximum absolute atomic E-state index is 8.97. The van der Waals surface area contributed by atoms with Gasteiger partial charge in [-0.3, -0.25) is 4.90 Å². The van der Waals surface area contributed by atoms with Crippen LogP contribution in [0.2, 0.25) is 5.02 Å². The number of aliphatic hydroxyl groups is 1. The molecule has 0 aliphatic carbocycles. The second-order valence-electron chi connectivity index (χ2n) is 5.56. The van der Waals surface area contributed by atoms with E-state index in [1.54, 1.807) is 0 Å². The van der Waals surface area contributed by atoms with Crippen LogP contribution in [0.25, 0.3) is 0 Å². The Morgan fingerprint density at radius 3 is 2.33 bits per heavy atom. The van der Waals surface area contributed by atoms with Crippen molar-refractivity contribution in [2.24, 2.45) is 0 Å². The van der Waals surface area contributed by atoms with Crippen LogP contribution in [0.15, 0.2) is 24.3 Å². The summed E-state index contributed by atoms with van der Waals surface area (Å²) in [6.45, 7) is 6.40. The van der Waals surface area contributed by atoms with Gasteiger partial charge in [0.1, 0.15) is 0 Å². The van der Waals surface area contributed by atoms with Crippen molar-refractivity contribution in [1.29, 1.82) is 0 Å². The van der Waals surface area contributed by atoms with Crippen LogP contribution in [0.4, 0.5) is 0 Å². The zero-order valence-corrected chi connectivity index (χ0v) is 13.5. The first-order valence-electron chi connectivity index (χ1n) is 7.72. The van der Waals surface area contributed by atoms with Gasteiger partial charge in [-0.2, -0.15) is 0 Å². The smallest absolute Gasteiger partial charge is 0.0558 e. The summed E-state index contributed by atoms with van der Waals surface area (Å²) >= 11 is 6.29. The highest BCUT2D eigenvalue weighted by Gasteiger charge is 2.18. The van der Waals surface area contributed by atoms with Gasteiger partial charge < -0.3 is 15.3 Å². The molecule has 0 aromatic heterocycles. The maximum Gasteiger partial charge on any atom is 0.0558 e. The number of nitrogens with one attached hydrogen (secondary N) is 1. The summed E-state index contributed by atoms with van der Waals surface area (Å²) in [6, 6.07) is 8.37. The predicted octanol–water partition coefficient (Wildman–Crippen LogP) is 1.60. The molecule has 0 bridgehead atoms. The Bertz CT molecular complexity index is 422. The molecule has 0 radical (unpaired) electrons. The zero-order valence-electron chi connectivity index (χ0n) is 12.8. The average Bonchev–Trinajstić information content (AvgIpc) is 2.51. The van der Waals surface area contributed by atoms with E-state index < -0.39 is 0 Å². The number of piperazine rings is 1. The van der Waals surface area contributed by atoms with Crippen LogP contribution in [0, 0.1) is 0 Å². The lowest BCUT2D eigenvalue weighted by Crippen LogP contribution is -2.47. The van der Waals surface area contributed by atoms with Crippen LogP contribution in [0.1, 0.15) is 18.0 Å². The number of rotatable bonds is 7.